The zero-order chi connectivity index (χ0) is 25.2. The fraction of sp³-hybridized carbons (Fsp3) is 0.120. The molecule has 3 aromatic carbocycles. The molecule has 35 heavy (non-hydrogen) atoms. The second-order valence-corrected chi connectivity index (χ2v) is 8.12. The number of anilines is 1. The van der Waals surface area contributed by atoms with Gasteiger partial charge in [0.15, 0.2) is 0 Å². The van der Waals surface area contributed by atoms with E-state index in [2.05, 4.69) is 16.0 Å². The summed E-state index contributed by atoms with van der Waals surface area (Å²) >= 11 is 1.10. The molecule has 0 spiro atoms. The highest BCUT2D eigenvalue weighted by Crippen LogP contribution is 2.26. The number of thioether (sulfide) groups is 1. The molecule has 0 saturated carbocycles. The molecule has 1 unspecified atom stereocenters. The Morgan fingerprint density at radius 3 is 2.26 bits per heavy atom. The summed E-state index contributed by atoms with van der Waals surface area (Å²) in [6, 6.07) is 19.4. The predicted octanol–water partition coefficient (Wildman–Crippen LogP) is 3.91. The van der Waals surface area contributed by atoms with Gasteiger partial charge < -0.3 is 15.4 Å². The van der Waals surface area contributed by atoms with Crippen LogP contribution in [0.15, 0.2) is 83.8 Å². The van der Waals surface area contributed by atoms with Crippen molar-refractivity contribution in [3.05, 3.63) is 95.8 Å². The number of carbonyl (C=O) groups is 4. The molecule has 0 aliphatic rings. The molecule has 180 valence electrons. The second kappa shape index (κ2) is 12.3. The third-order valence-electron chi connectivity index (χ3n) is 4.62. The maximum absolute atomic E-state index is 13.0. The molecular weight excluding hydrogens is 473 g/mol. The molecule has 0 aromatic heterocycles. The van der Waals surface area contributed by atoms with Gasteiger partial charge in [-0.2, -0.15) is 0 Å². The zero-order valence-corrected chi connectivity index (χ0v) is 19.4. The smallest absolute Gasteiger partial charge is 0.340 e. The lowest BCUT2D eigenvalue weighted by Crippen LogP contribution is -2.41. The number of hydrogen-bond donors (Lipinski definition) is 3. The van der Waals surface area contributed by atoms with Crippen LogP contribution in [0.4, 0.5) is 14.9 Å². The first-order chi connectivity index (χ1) is 16.9. The minimum Gasteiger partial charge on any atom is -0.444 e. The summed E-state index contributed by atoms with van der Waals surface area (Å²) in [5, 5.41) is 7.04. The van der Waals surface area contributed by atoms with Gasteiger partial charge in [0.05, 0.1) is 11.3 Å². The summed E-state index contributed by atoms with van der Waals surface area (Å²) in [6.45, 7) is 0. The van der Waals surface area contributed by atoms with E-state index < -0.39 is 29.8 Å². The normalized spacial score (nSPS) is 11.1. The number of halogens is 1. The molecule has 8 nitrogen and oxygen atoms in total. The molecule has 1 atom stereocenters. The van der Waals surface area contributed by atoms with Crippen LogP contribution in [0.3, 0.4) is 0 Å². The van der Waals surface area contributed by atoms with Gasteiger partial charge in [-0.05, 0) is 36.4 Å². The summed E-state index contributed by atoms with van der Waals surface area (Å²) in [5.74, 6) is -2.40. The summed E-state index contributed by atoms with van der Waals surface area (Å²) in [6.07, 6.45) is -1.37. The Hall–Kier alpha value is -4.18. The number of carbonyl (C=O) groups excluding carboxylic acids is 4. The van der Waals surface area contributed by atoms with E-state index in [-0.39, 0.29) is 17.2 Å². The molecule has 0 aliphatic carbocycles. The monoisotopic (exact) mass is 495 g/mol. The van der Waals surface area contributed by atoms with Gasteiger partial charge in [0.25, 0.3) is 5.91 Å². The van der Waals surface area contributed by atoms with E-state index in [0.717, 1.165) is 11.8 Å². The van der Waals surface area contributed by atoms with Gasteiger partial charge in [0, 0.05) is 23.2 Å². The number of esters is 1. The molecule has 0 aliphatic heterocycles. The number of urea groups is 1. The molecular formula is C25H22FN3O5S. The minimum absolute atomic E-state index is 0.0268. The number of nitrogens with one attached hydrogen (secondary N) is 3. The quantitative estimate of drug-likeness (QED) is 0.323. The van der Waals surface area contributed by atoms with E-state index in [0.29, 0.717) is 16.1 Å². The predicted molar refractivity (Wildman–Crippen MR) is 129 cm³/mol. The molecule has 3 rings (SSSR count). The zero-order valence-electron chi connectivity index (χ0n) is 18.6. The number of rotatable bonds is 8. The molecule has 10 heteroatoms. The van der Waals surface area contributed by atoms with Gasteiger partial charge in [-0.3, -0.25) is 14.9 Å². The molecule has 4 amide bonds. The Morgan fingerprint density at radius 1 is 0.914 bits per heavy atom. The van der Waals surface area contributed by atoms with Gasteiger partial charge in [0.2, 0.25) is 12.0 Å². The fourth-order valence-corrected chi connectivity index (χ4v) is 3.79. The van der Waals surface area contributed by atoms with E-state index in [4.69, 9.17) is 4.74 Å². The van der Waals surface area contributed by atoms with Crippen LogP contribution in [0.2, 0.25) is 0 Å². The van der Waals surface area contributed by atoms with Crippen LogP contribution in [0.25, 0.3) is 0 Å². The highest BCUT2D eigenvalue weighted by Gasteiger charge is 2.28. The maximum Gasteiger partial charge on any atom is 0.340 e. The Bertz CT molecular complexity index is 1210. The van der Waals surface area contributed by atoms with Gasteiger partial charge in [-0.25, -0.2) is 14.0 Å². The Morgan fingerprint density at radius 2 is 1.57 bits per heavy atom. The highest BCUT2D eigenvalue weighted by molar-refractivity contribution is 8.00. The average molecular weight is 496 g/mol. The van der Waals surface area contributed by atoms with Crippen LogP contribution >= 0.6 is 11.8 Å². The molecule has 0 bridgehead atoms. The van der Waals surface area contributed by atoms with Crippen LogP contribution < -0.4 is 16.0 Å². The lowest BCUT2D eigenvalue weighted by Gasteiger charge is -2.18. The summed E-state index contributed by atoms with van der Waals surface area (Å²) in [7, 11) is 1.35. The number of hydrogen-bond acceptors (Lipinski definition) is 6. The van der Waals surface area contributed by atoms with Crippen molar-refractivity contribution < 1.29 is 28.3 Å². The first kappa shape index (κ1) is 25.4. The third kappa shape index (κ3) is 7.41. The van der Waals surface area contributed by atoms with E-state index in [9.17, 15) is 23.6 Å². The topological polar surface area (TPSA) is 114 Å². The van der Waals surface area contributed by atoms with Crippen LogP contribution in [0, 0.1) is 5.82 Å². The van der Waals surface area contributed by atoms with Crippen molar-refractivity contribution in [3.8, 4) is 0 Å². The third-order valence-corrected chi connectivity index (χ3v) is 5.70. The molecule has 3 N–H and O–H groups in total. The first-order valence-corrected chi connectivity index (χ1v) is 11.4. The van der Waals surface area contributed by atoms with Crippen LogP contribution in [-0.4, -0.2) is 36.6 Å². The lowest BCUT2D eigenvalue weighted by atomic mass is 10.1. The standard InChI is InChI=1S/C25H22FN3O5S/c1-27-25(33)29-23(31)22(16-7-3-2-4-8-16)34-24(32)19-9-5-6-10-20(19)35-15-21(30)28-18-13-11-17(26)12-14-18/h2-14,22H,15H2,1H3,(H,28,30)(H2,27,29,31,33). The largest absolute Gasteiger partial charge is 0.444 e. The molecule has 0 fully saturated rings. The Kier molecular flexibility index (Phi) is 8.96. The van der Waals surface area contributed by atoms with Gasteiger partial charge in [-0.15, -0.1) is 11.8 Å². The summed E-state index contributed by atoms with van der Waals surface area (Å²) in [4.78, 5) is 50.1. The minimum atomic E-state index is -1.37. The average Bonchev–Trinajstić information content (AvgIpc) is 2.87. The van der Waals surface area contributed by atoms with Crippen molar-refractivity contribution in [2.75, 3.05) is 18.1 Å². The molecule has 0 heterocycles. The number of ether oxygens (including phenoxy) is 1. The van der Waals surface area contributed by atoms with Gasteiger partial charge in [-0.1, -0.05) is 42.5 Å². The lowest BCUT2D eigenvalue weighted by molar-refractivity contribution is -0.129. The maximum atomic E-state index is 13.0. The number of benzene rings is 3. The first-order valence-electron chi connectivity index (χ1n) is 10.4. The SMILES string of the molecule is CNC(=O)NC(=O)C(OC(=O)c1ccccc1SCC(=O)Nc1ccc(F)cc1)c1ccccc1. The van der Waals surface area contributed by atoms with Crippen molar-refractivity contribution in [2.45, 2.75) is 11.0 Å². The molecule has 3 aromatic rings. The van der Waals surface area contributed by atoms with Crippen molar-refractivity contribution in [2.24, 2.45) is 0 Å². The van der Waals surface area contributed by atoms with Crippen LogP contribution in [0.5, 0.6) is 0 Å². The van der Waals surface area contributed by atoms with E-state index in [1.165, 1.54) is 37.4 Å². The van der Waals surface area contributed by atoms with Crippen LogP contribution in [0.1, 0.15) is 22.0 Å². The van der Waals surface area contributed by atoms with Crippen molar-refractivity contribution >= 4 is 41.3 Å². The van der Waals surface area contributed by atoms with E-state index in [1.807, 2.05) is 0 Å². The van der Waals surface area contributed by atoms with E-state index >= 15 is 0 Å². The molecule has 0 radical (unpaired) electrons. The van der Waals surface area contributed by atoms with Crippen LogP contribution in [-0.2, 0) is 14.3 Å². The molecule has 0 saturated heterocycles. The number of imide groups is 1. The highest BCUT2D eigenvalue weighted by atomic mass is 32.2. The second-order valence-electron chi connectivity index (χ2n) is 7.10. The summed E-state index contributed by atoms with van der Waals surface area (Å²) < 4.78 is 18.5. The van der Waals surface area contributed by atoms with Crippen molar-refractivity contribution in [3.63, 3.8) is 0 Å². The Balaban J connectivity index is 1.72. The van der Waals surface area contributed by atoms with E-state index in [1.54, 1.807) is 48.5 Å². The van der Waals surface area contributed by atoms with Crippen molar-refractivity contribution in [1.29, 1.82) is 0 Å². The summed E-state index contributed by atoms with van der Waals surface area (Å²) in [5.41, 5.74) is 0.976. The number of amides is 4. The van der Waals surface area contributed by atoms with Crippen molar-refractivity contribution in [1.82, 2.24) is 10.6 Å². The van der Waals surface area contributed by atoms with Gasteiger partial charge in [0.1, 0.15) is 5.82 Å². The van der Waals surface area contributed by atoms with Gasteiger partial charge >= 0.3 is 12.0 Å². The Labute approximate surface area is 205 Å². The fourth-order valence-electron chi connectivity index (χ4n) is 2.95.